The second-order valence-electron chi connectivity index (χ2n) is 4.13. The van der Waals surface area contributed by atoms with Crippen molar-refractivity contribution in [3.05, 3.63) is 41.7 Å². The molecule has 0 bridgehead atoms. The van der Waals surface area contributed by atoms with E-state index in [0.717, 1.165) is 17.7 Å². The molecular weight excluding hydrogens is 230 g/mol. The first-order valence-electron chi connectivity index (χ1n) is 5.73. The third-order valence-electron chi connectivity index (χ3n) is 2.66. The monoisotopic (exact) mass is 247 g/mol. The minimum atomic E-state index is 0.161. The lowest BCUT2D eigenvalue weighted by Gasteiger charge is -2.07. The molecule has 2 aromatic rings. The van der Waals surface area contributed by atoms with Crippen molar-refractivity contribution in [3.63, 3.8) is 0 Å². The summed E-state index contributed by atoms with van der Waals surface area (Å²) in [6.07, 6.45) is 3.81. The minimum absolute atomic E-state index is 0.161. The van der Waals surface area contributed by atoms with Crippen LogP contribution in [-0.4, -0.2) is 22.0 Å². The van der Waals surface area contributed by atoms with Gasteiger partial charge in [0, 0.05) is 31.9 Å². The number of aryl methyl sites for hydroxylation is 1. The molecule has 0 unspecified atom stereocenters. The molecule has 2 N–H and O–H groups in total. The first kappa shape index (κ1) is 12.4. The zero-order valence-corrected chi connectivity index (χ0v) is 10.6. The molecule has 0 atom stereocenters. The largest absolute Gasteiger partial charge is 0.504 e. The van der Waals surface area contributed by atoms with Crippen molar-refractivity contribution in [3.8, 4) is 11.5 Å². The van der Waals surface area contributed by atoms with Crippen molar-refractivity contribution in [2.24, 2.45) is 7.05 Å². The van der Waals surface area contributed by atoms with Gasteiger partial charge in [-0.05, 0) is 17.7 Å². The number of ether oxygens (including phenoxy) is 1. The molecule has 0 aliphatic heterocycles. The molecule has 0 saturated heterocycles. The zero-order chi connectivity index (χ0) is 13.0. The van der Waals surface area contributed by atoms with Gasteiger partial charge in [0.25, 0.3) is 0 Å². The molecule has 96 valence electrons. The van der Waals surface area contributed by atoms with Crippen molar-refractivity contribution in [1.29, 1.82) is 0 Å². The third kappa shape index (κ3) is 3.01. The van der Waals surface area contributed by atoms with Crippen molar-refractivity contribution in [2.45, 2.75) is 13.1 Å². The van der Waals surface area contributed by atoms with E-state index in [2.05, 4.69) is 10.4 Å². The quantitative estimate of drug-likeness (QED) is 0.839. The Morgan fingerprint density at radius 2 is 2.11 bits per heavy atom. The zero-order valence-electron chi connectivity index (χ0n) is 10.6. The number of hydrogen-bond donors (Lipinski definition) is 2. The fourth-order valence-corrected chi connectivity index (χ4v) is 1.75. The average molecular weight is 247 g/mol. The Morgan fingerprint density at radius 1 is 1.33 bits per heavy atom. The molecule has 18 heavy (non-hydrogen) atoms. The molecule has 1 aromatic heterocycles. The Labute approximate surface area is 106 Å². The summed E-state index contributed by atoms with van der Waals surface area (Å²) in [7, 11) is 3.44. The van der Waals surface area contributed by atoms with Crippen LogP contribution < -0.4 is 10.1 Å². The van der Waals surface area contributed by atoms with Crippen LogP contribution in [0.2, 0.25) is 0 Å². The van der Waals surface area contributed by atoms with Crippen molar-refractivity contribution in [1.82, 2.24) is 15.1 Å². The van der Waals surface area contributed by atoms with Crippen LogP contribution in [0, 0.1) is 0 Å². The summed E-state index contributed by atoms with van der Waals surface area (Å²) in [5.41, 5.74) is 2.21. The number of benzene rings is 1. The van der Waals surface area contributed by atoms with E-state index in [4.69, 9.17) is 4.74 Å². The van der Waals surface area contributed by atoms with E-state index in [1.807, 2.05) is 31.6 Å². The highest BCUT2D eigenvalue weighted by Crippen LogP contribution is 2.26. The molecule has 0 saturated carbocycles. The summed E-state index contributed by atoms with van der Waals surface area (Å²) in [6.45, 7) is 1.47. The van der Waals surface area contributed by atoms with Gasteiger partial charge in [-0.2, -0.15) is 5.10 Å². The topological polar surface area (TPSA) is 59.3 Å². The predicted octanol–water partition coefficient (Wildman–Crippen LogP) is 1.42. The first-order valence-corrected chi connectivity index (χ1v) is 5.73. The van der Waals surface area contributed by atoms with Crippen LogP contribution in [0.4, 0.5) is 0 Å². The minimum Gasteiger partial charge on any atom is -0.504 e. The standard InChI is InChI=1S/C13H17N3O2/c1-16-9-11(8-15-16)7-14-6-10-3-4-12(17)13(5-10)18-2/h3-5,8-9,14,17H,6-7H2,1-2H3. The molecule has 0 spiro atoms. The van der Waals surface area contributed by atoms with Crippen molar-refractivity contribution in [2.75, 3.05) is 7.11 Å². The Bertz CT molecular complexity index is 523. The SMILES string of the molecule is COc1cc(CNCc2cnn(C)c2)ccc1O. The normalized spacial score (nSPS) is 10.6. The Balaban J connectivity index is 1.90. The van der Waals surface area contributed by atoms with Gasteiger partial charge in [-0.1, -0.05) is 6.07 Å². The number of aromatic nitrogens is 2. The molecule has 2 rings (SSSR count). The van der Waals surface area contributed by atoms with Gasteiger partial charge in [-0.25, -0.2) is 0 Å². The maximum Gasteiger partial charge on any atom is 0.160 e. The number of phenols is 1. The van der Waals surface area contributed by atoms with E-state index in [1.54, 1.807) is 17.9 Å². The van der Waals surface area contributed by atoms with Crippen molar-refractivity contribution >= 4 is 0 Å². The Morgan fingerprint density at radius 3 is 2.78 bits per heavy atom. The fraction of sp³-hybridized carbons (Fsp3) is 0.308. The smallest absolute Gasteiger partial charge is 0.160 e. The Kier molecular flexibility index (Phi) is 3.84. The molecule has 5 nitrogen and oxygen atoms in total. The third-order valence-corrected chi connectivity index (χ3v) is 2.66. The molecule has 5 heteroatoms. The highest BCUT2D eigenvalue weighted by Gasteiger charge is 2.02. The summed E-state index contributed by atoms with van der Waals surface area (Å²) < 4.78 is 6.84. The first-order chi connectivity index (χ1) is 8.69. The number of methoxy groups -OCH3 is 1. The summed E-state index contributed by atoms with van der Waals surface area (Å²) in [4.78, 5) is 0. The van der Waals surface area contributed by atoms with Crippen LogP contribution in [0.5, 0.6) is 11.5 Å². The molecule has 0 fully saturated rings. The van der Waals surface area contributed by atoms with Gasteiger partial charge in [0.05, 0.1) is 13.3 Å². The molecule has 0 aliphatic rings. The molecule has 1 aromatic carbocycles. The number of rotatable bonds is 5. The summed E-state index contributed by atoms with van der Waals surface area (Å²) in [5.74, 6) is 0.657. The van der Waals surface area contributed by atoms with E-state index in [0.29, 0.717) is 12.3 Å². The number of aromatic hydroxyl groups is 1. The van der Waals surface area contributed by atoms with Gasteiger partial charge < -0.3 is 15.2 Å². The fourth-order valence-electron chi connectivity index (χ4n) is 1.75. The summed E-state index contributed by atoms with van der Waals surface area (Å²) in [6, 6.07) is 5.33. The van der Waals surface area contributed by atoms with E-state index in [-0.39, 0.29) is 5.75 Å². The lowest BCUT2D eigenvalue weighted by Crippen LogP contribution is -2.12. The number of nitrogens with zero attached hydrogens (tertiary/aromatic N) is 2. The van der Waals surface area contributed by atoms with E-state index >= 15 is 0 Å². The Hall–Kier alpha value is -2.01. The van der Waals surface area contributed by atoms with Crippen LogP contribution in [0.1, 0.15) is 11.1 Å². The summed E-state index contributed by atoms with van der Waals surface area (Å²) >= 11 is 0. The number of nitrogens with one attached hydrogen (secondary N) is 1. The van der Waals surface area contributed by atoms with Crippen LogP contribution in [0.3, 0.4) is 0 Å². The molecule has 0 aliphatic carbocycles. The highest BCUT2D eigenvalue weighted by molar-refractivity contribution is 5.41. The van der Waals surface area contributed by atoms with Crippen LogP contribution in [0.15, 0.2) is 30.6 Å². The van der Waals surface area contributed by atoms with E-state index in [9.17, 15) is 5.11 Å². The van der Waals surface area contributed by atoms with Gasteiger partial charge in [0.15, 0.2) is 11.5 Å². The van der Waals surface area contributed by atoms with Crippen LogP contribution in [0.25, 0.3) is 0 Å². The maximum absolute atomic E-state index is 9.48. The van der Waals surface area contributed by atoms with Crippen LogP contribution >= 0.6 is 0 Å². The lowest BCUT2D eigenvalue weighted by atomic mass is 10.2. The second kappa shape index (κ2) is 5.55. The predicted molar refractivity (Wildman–Crippen MR) is 68.4 cm³/mol. The number of phenolic OH excluding ortho intramolecular Hbond substituents is 1. The lowest BCUT2D eigenvalue weighted by molar-refractivity contribution is 0.373. The van der Waals surface area contributed by atoms with Gasteiger partial charge in [0.2, 0.25) is 0 Å². The number of hydrogen-bond acceptors (Lipinski definition) is 4. The van der Waals surface area contributed by atoms with E-state index < -0.39 is 0 Å². The van der Waals surface area contributed by atoms with Gasteiger partial charge in [-0.15, -0.1) is 0 Å². The molecule has 0 radical (unpaired) electrons. The van der Waals surface area contributed by atoms with Gasteiger partial charge in [-0.3, -0.25) is 4.68 Å². The van der Waals surface area contributed by atoms with Crippen LogP contribution in [-0.2, 0) is 20.1 Å². The van der Waals surface area contributed by atoms with E-state index in [1.165, 1.54) is 0 Å². The molecule has 1 heterocycles. The summed E-state index contributed by atoms with van der Waals surface area (Å²) in [5, 5.41) is 16.9. The molecular formula is C13H17N3O2. The van der Waals surface area contributed by atoms with Gasteiger partial charge >= 0.3 is 0 Å². The average Bonchev–Trinajstić information content (AvgIpc) is 2.77. The highest BCUT2D eigenvalue weighted by atomic mass is 16.5. The van der Waals surface area contributed by atoms with Gasteiger partial charge in [0.1, 0.15) is 0 Å². The maximum atomic E-state index is 9.48. The second-order valence-corrected chi connectivity index (χ2v) is 4.13. The molecule has 0 amide bonds. The van der Waals surface area contributed by atoms with Crippen molar-refractivity contribution < 1.29 is 9.84 Å².